The Morgan fingerprint density at radius 1 is 1.44 bits per heavy atom. The number of piperidine rings is 1. The summed E-state index contributed by atoms with van der Waals surface area (Å²) >= 11 is 1.75. The molecule has 0 unspecified atom stereocenters. The maximum atomic E-state index is 11.6. The highest BCUT2D eigenvalue weighted by Crippen LogP contribution is 2.34. The van der Waals surface area contributed by atoms with E-state index in [0.29, 0.717) is 11.0 Å². The van der Waals surface area contributed by atoms with Gasteiger partial charge >= 0.3 is 0 Å². The van der Waals surface area contributed by atoms with Crippen LogP contribution in [-0.2, 0) is 4.79 Å². The number of rotatable bonds is 5. The predicted molar refractivity (Wildman–Crippen MR) is 65.5 cm³/mol. The molecule has 0 aromatic carbocycles. The van der Waals surface area contributed by atoms with Gasteiger partial charge < -0.3 is 15.7 Å². The van der Waals surface area contributed by atoms with Crippen LogP contribution in [0.2, 0.25) is 0 Å². The van der Waals surface area contributed by atoms with Gasteiger partial charge in [-0.25, -0.2) is 0 Å². The molecular weight excluding hydrogens is 224 g/mol. The van der Waals surface area contributed by atoms with E-state index in [0.717, 1.165) is 38.8 Å². The zero-order valence-electron chi connectivity index (χ0n) is 9.50. The van der Waals surface area contributed by atoms with Crippen LogP contribution in [0.4, 0.5) is 0 Å². The molecule has 0 bridgehead atoms. The molecule has 0 atom stereocenters. The Morgan fingerprint density at radius 2 is 2.12 bits per heavy atom. The fourth-order valence-electron chi connectivity index (χ4n) is 1.96. The van der Waals surface area contributed by atoms with Gasteiger partial charge in [-0.15, -0.1) is 11.8 Å². The van der Waals surface area contributed by atoms with Crippen molar-refractivity contribution in [3.05, 3.63) is 0 Å². The summed E-state index contributed by atoms with van der Waals surface area (Å²) in [7, 11) is 0. The highest BCUT2D eigenvalue weighted by molar-refractivity contribution is 8.00. The van der Waals surface area contributed by atoms with E-state index in [1.165, 1.54) is 0 Å². The van der Waals surface area contributed by atoms with Gasteiger partial charge in [-0.2, -0.15) is 0 Å². The van der Waals surface area contributed by atoms with Crippen LogP contribution in [0.3, 0.4) is 0 Å². The molecule has 4 nitrogen and oxygen atoms in total. The SMILES string of the molecule is O=C(CSC1CCNCC1)NC1(CO)CC1. The summed E-state index contributed by atoms with van der Waals surface area (Å²) in [6.07, 6.45) is 4.16. The minimum absolute atomic E-state index is 0.0788. The first-order chi connectivity index (χ1) is 7.74. The summed E-state index contributed by atoms with van der Waals surface area (Å²) < 4.78 is 0. The number of carbonyl (C=O) groups is 1. The van der Waals surface area contributed by atoms with Gasteiger partial charge in [-0.05, 0) is 38.8 Å². The molecule has 3 N–H and O–H groups in total. The van der Waals surface area contributed by atoms with Gasteiger partial charge in [-0.1, -0.05) is 0 Å². The lowest BCUT2D eigenvalue weighted by Crippen LogP contribution is -2.41. The number of hydrogen-bond acceptors (Lipinski definition) is 4. The van der Waals surface area contributed by atoms with E-state index in [4.69, 9.17) is 5.11 Å². The first kappa shape index (κ1) is 12.2. The minimum Gasteiger partial charge on any atom is -0.394 e. The molecule has 0 spiro atoms. The molecule has 2 rings (SSSR count). The quantitative estimate of drug-likeness (QED) is 0.642. The van der Waals surface area contributed by atoms with E-state index in [-0.39, 0.29) is 18.1 Å². The molecule has 92 valence electrons. The Kier molecular flexibility index (Phi) is 4.10. The predicted octanol–water partition coefficient (Wildman–Crippen LogP) is 0.113. The average molecular weight is 244 g/mol. The van der Waals surface area contributed by atoms with Crippen molar-refractivity contribution in [2.75, 3.05) is 25.4 Å². The Bertz CT molecular complexity index is 250. The highest BCUT2D eigenvalue weighted by atomic mass is 32.2. The van der Waals surface area contributed by atoms with E-state index in [2.05, 4.69) is 10.6 Å². The van der Waals surface area contributed by atoms with Crippen LogP contribution in [0.15, 0.2) is 0 Å². The lowest BCUT2D eigenvalue weighted by atomic mass is 10.2. The standard InChI is InChI=1S/C11H20N2O2S/c14-8-11(3-4-11)13-10(15)7-16-9-1-5-12-6-2-9/h9,12,14H,1-8H2,(H,13,15). The van der Waals surface area contributed by atoms with Crippen LogP contribution in [0.25, 0.3) is 0 Å². The molecule has 1 aliphatic carbocycles. The molecule has 0 radical (unpaired) electrons. The number of aliphatic hydroxyl groups excluding tert-OH is 1. The van der Waals surface area contributed by atoms with Gasteiger partial charge in [0.1, 0.15) is 0 Å². The second-order valence-corrected chi connectivity index (χ2v) is 6.04. The van der Waals surface area contributed by atoms with E-state index >= 15 is 0 Å². The van der Waals surface area contributed by atoms with Crippen LogP contribution in [-0.4, -0.2) is 47.3 Å². The number of aliphatic hydroxyl groups is 1. The summed E-state index contributed by atoms with van der Waals surface area (Å²) in [5.74, 6) is 0.613. The minimum atomic E-state index is -0.258. The van der Waals surface area contributed by atoms with Gasteiger partial charge in [0.2, 0.25) is 5.91 Å². The number of amides is 1. The maximum absolute atomic E-state index is 11.6. The third kappa shape index (κ3) is 3.37. The van der Waals surface area contributed by atoms with E-state index < -0.39 is 0 Å². The normalized spacial score (nSPS) is 24.1. The second kappa shape index (κ2) is 5.38. The smallest absolute Gasteiger partial charge is 0.230 e. The lowest BCUT2D eigenvalue weighted by molar-refractivity contribution is -0.119. The first-order valence-corrected chi connectivity index (χ1v) is 7.03. The molecule has 1 saturated heterocycles. The second-order valence-electron chi connectivity index (χ2n) is 4.75. The summed E-state index contributed by atoms with van der Waals surface area (Å²) in [6.45, 7) is 2.22. The molecule has 0 aromatic rings. The van der Waals surface area contributed by atoms with Crippen molar-refractivity contribution in [1.29, 1.82) is 0 Å². The summed E-state index contributed by atoms with van der Waals surface area (Å²) in [4.78, 5) is 11.6. The van der Waals surface area contributed by atoms with Gasteiger partial charge in [0.25, 0.3) is 0 Å². The van der Waals surface area contributed by atoms with Crippen molar-refractivity contribution >= 4 is 17.7 Å². The molecule has 0 aromatic heterocycles. The molecule has 1 aliphatic heterocycles. The topological polar surface area (TPSA) is 61.4 Å². The van der Waals surface area contributed by atoms with Crippen molar-refractivity contribution < 1.29 is 9.90 Å². The monoisotopic (exact) mass is 244 g/mol. The molecule has 1 heterocycles. The van der Waals surface area contributed by atoms with Crippen molar-refractivity contribution in [2.24, 2.45) is 0 Å². The van der Waals surface area contributed by atoms with E-state index in [1.54, 1.807) is 11.8 Å². The maximum Gasteiger partial charge on any atom is 0.230 e. The van der Waals surface area contributed by atoms with E-state index in [9.17, 15) is 4.79 Å². The van der Waals surface area contributed by atoms with Gasteiger partial charge in [0.15, 0.2) is 0 Å². The molecule has 2 fully saturated rings. The summed E-state index contributed by atoms with van der Waals surface area (Å²) in [5, 5.41) is 16.0. The molecule has 16 heavy (non-hydrogen) atoms. The third-order valence-corrected chi connectivity index (χ3v) is 4.67. The van der Waals surface area contributed by atoms with Crippen LogP contribution in [0.5, 0.6) is 0 Å². The van der Waals surface area contributed by atoms with Crippen molar-refractivity contribution in [3.8, 4) is 0 Å². The molecule has 2 aliphatic rings. The number of thioether (sulfide) groups is 1. The Labute approximate surface area is 101 Å². The number of carbonyl (C=O) groups excluding carboxylic acids is 1. The molecule has 1 saturated carbocycles. The largest absolute Gasteiger partial charge is 0.394 e. The van der Waals surface area contributed by atoms with Crippen molar-refractivity contribution in [3.63, 3.8) is 0 Å². The third-order valence-electron chi connectivity index (χ3n) is 3.30. The Balaban J connectivity index is 1.63. The Morgan fingerprint density at radius 3 is 2.69 bits per heavy atom. The van der Waals surface area contributed by atoms with Crippen LogP contribution < -0.4 is 10.6 Å². The summed E-state index contributed by atoms with van der Waals surface area (Å²) in [6, 6.07) is 0. The summed E-state index contributed by atoms with van der Waals surface area (Å²) in [5.41, 5.74) is -0.258. The molecular formula is C11H20N2O2S. The fraction of sp³-hybridized carbons (Fsp3) is 0.909. The molecule has 5 heteroatoms. The first-order valence-electron chi connectivity index (χ1n) is 5.98. The van der Waals surface area contributed by atoms with Crippen LogP contribution in [0.1, 0.15) is 25.7 Å². The lowest BCUT2D eigenvalue weighted by Gasteiger charge is -2.22. The zero-order chi connectivity index (χ0) is 11.4. The fourth-order valence-corrected chi connectivity index (χ4v) is 2.99. The van der Waals surface area contributed by atoms with Crippen molar-refractivity contribution in [2.45, 2.75) is 36.5 Å². The molecule has 1 amide bonds. The Hall–Kier alpha value is -0.260. The van der Waals surface area contributed by atoms with Crippen molar-refractivity contribution in [1.82, 2.24) is 10.6 Å². The highest BCUT2D eigenvalue weighted by Gasteiger charge is 2.43. The van der Waals surface area contributed by atoms with E-state index in [1.807, 2.05) is 0 Å². The zero-order valence-corrected chi connectivity index (χ0v) is 10.3. The average Bonchev–Trinajstić information content (AvgIpc) is 3.08. The van der Waals surface area contributed by atoms with Gasteiger partial charge in [0, 0.05) is 5.25 Å². The van der Waals surface area contributed by atoms with Gasteiger partial charge in [0.05, 0.1) is 17.9 Å². The number of hydrogen-bond donors (Lipinski definition) is 3. The van der Waals surface area contributed by atoms with Gasteiger partial charge in [-0.3, -0.25) is 4.79 Å². The number of nitrogens with one attached hydrogen (secondary N) is 2. The van der Waals surface area contributed by atoms with Crippen LogP contribution >= 0.6 is 11.8 Å². The van der Waals surface area contributed by atoms with Crippen LogP contribution in [0, 0.1) is 0 Å².